The molecular formula is C17H10BrFN4O2S. The average molecular weight is 433 g/mol. The molecule has 0 aromatic heterocycles. The van der Waals surface area contributed by atoms with Crippen molar-refractivity contribution in [2.45, 2.75) is 0 Å². The SMILES string of the molecule is O=C1Nc2ccc(Br)cc2C1=NN=C1SCC(=O)N1c1cccc(F)c1. The first kappa shape index (κ1) is 16.9. The topological polar surface area (TPSA) is 74.1 Å². The maximum absolute atomic E-state index is 13.5. The van der Waals surface area contributed by atoms with Crippen molar-refractivity contribution >= 4 is 61.8 Å². The lowest BCUT2D eigenvalue weighted by Gasteiger charge is -2.14. The molecule has 0 bridgehead atoms. The molecule has 1 N–H and O–H groups in total. The van der Waals surface area contributed by atoms with Crippen LogP contribution in [0.1, 0.15) is 5.56 Å². The summed E-state index contributed by atoms with van der Waals surface area (Å²) in [5, 5.41) is 11.2. The second-order valence-corrected chi connectivity index (χ2v) is 7.33. The summed E-state index contributed by atoms with van der Waals surface area (Å²) in [6.45, 7) is 0. The van der Waals surface area contributed by atoms with Crippen LogP contribution in [0.5, 0.6) is 0 Å². The number of amides is 2. The third kappa shape index (κ3) is 3.04. The molecule has 0 unspecified atom stereocenters. The standard InChI is InChI=1S/C17H10BrFN4O2S/c18-9-4-5-13-12(6-9)15(16(25)20-13)21-22-17-23(14(24)8-26-17)11-3-1-2-10(19)7-11/h1-7H,8H2,(H,20,21,25). The Morgan fingerprint density at radius 1 is 1.15 bits per heavy atom. The number of hydrogen-bond acceptors (Lipinski definition) is 5. The monoisotopic (exact) mass is 432 g/mol. The molecule has 0 saturated carbocycles. The molecule has 1 saturated heterocycles. The van der Waals surface area contributed by atoms with Crippen LogP contribution < -0.4 is 10.2 Å². The van der Waals surface area contributed by atoms with Gasteiger partial charge in [0.1, 0.15) is 5.82 Å². The summed E-state index contributed by atoms with van der Waals surface area (Å²) in [7, 11) is 0. The van der Waals surface area contributed by atoms with Crippen molar-refractivity contribution in [2.24, 2.45) is 10.2 Å². The summed E-state index contributed by atoms with van der Waals surface area (Å²) in [5.74, 6) is -0.867. The number of hydrogen-bond donors (Lipinski definition) is 1. The zero-order chi connectivity index (χ0) is 18.3. The van der Waals surface area contributed by atoms with Gasteiger partial charge in [-0.3, -0.25) is 14.5 Å². The van der Waals surface area contributed by atoms with E-state index in [0.717, 1.165) is 4.47 Å². The van der Waals surface area contributed by atoms with E-state index in [1.807, 2.05) is 6.07 Å². The number of fused-ring (bicyclic) bond motifs is 1. The van der Waals surface area contributed by atoms with Crippen molar-refractivity contribution < 1.29 is 14.0 Å². The van der Waals surface area contributed by atoms with Crippen LogP contribution in [-0.4, -0.2) is 28.4 Å². The molecule has 4 rings (SSSR count). The van der Waals surface area contributed by atoms with Gasteiger partial charge in [0.15, 0.2) is 10.9 Å². The first-order chi connectivity index (χ1) is 12.5. The van der Waals surface area contributed by atoms with Crippen molar-refractivity contribution in [3.63, 3.8) is 0 Å². The second kappa shape index (κ2) is 6.65. The number of nitrogens with zero attached hydrogens (tertiary/aromatic N) is 3. The molecule has 0 spiro atoms. The smallest absolute Gasteiger partial charge is 0.276 e. The predicted octanol–water partition coefficient (Wildman–Crippen LogP) is 3.38. The number of amidine groups is 1. The van der Waals surface area contributed by atoms with Gasteiger partial charge in [-0.05, 0) is 36.4 Å². The predicted molar refractivity (Wildman–Crippen MR) is 103 cm³/mol. The van der Waals surface area contributed by atoms with E-state index in [-0.39, 0.29) is 23.3 Å². The van der Waals surface area contributed by atoms with Crippen LogP contribution in [0.3, 0.4) is 0 Å². The molecule has 26 heavy (non-hydrogen) atoms. The normalized spacial score (nSPS) is 19.4. The summed E-state index contributed by atoms with van der Waals surface area (Å²) < 4.78 is 14.3. The number of carbonyl (C=O) groups excluding carboxylic acids is 2. The maximum Gasteiger partial charge on any atom is 0.276 e. The molecule has 0 radical (unpaired) electrons. The minimum Gasteiger partial charge on any atom is -0.320 e. The third-order valence-electron chi connectivity index (χ3n) is 3.77. The Morgan fingerprint density at radius 3 is 2.81 bits per heavy atom. The molecule has 6 nitrogen and oxygen atoms in total. The Morgan fingerprint density at radius 2 is 2.00 bits per heavy atom. The van der Waals surface area contributed by atoms with Crippen molar-refractivity contribution in [1.82, 2.24) is 0 Å². The zero-order valence-electron chi connectivity index (χ0n) is 13.1. The molecule has 130 valence electrons. The fourth-order valence-corrected chi connectivity index (χ4v) is 3.80. The minimum absolute atomic E-state index is 0.160. The lowest BCUT2D eigenvalue weighted by Crippen LogP contribution is -2.29. The molecule has 0 aliphatic carbocycles. The fourth-order valence-electron chi connectivity index (χ4n) is 2.62. The van der Waals surface area contributed by atoms with Crippen LogP contribution >= 0.6 is 27.7 Å². The molecule has 2 aromatic carbocycles. The van der Waals surface area contributed by atoms with Crippen molar-refractivity contribution in [2.75, 3.05) is 16.0 Å². The van der Waals surface area contributed by atoms with Gasteiger partial charge in [0.25, 0.3) is 5.91 Å². The highest BCUT2D eigenvalue weighted by atomic mass is 79.9. The fraction of sp³-hybridized carbons (Fsp3) is 0.0588. The highest BCUT2D eigenvalue weighted by Crippen LogP contribution is 2.29. The van der Waals surface area contributed by atoms with E-state index in [1.54, 1.807) is 18.2 Å². The molecule has 2 amide bonds. The molecule has 0 atom stereocenters. The van der Waals surface area contributed by atoms with E-state index in [9.17, 15) is 14.0 Å². The molecule has 2 aromatic rings. The van der Waals surface area contributed by atoms with E-state index in [4.69, 9.17) is 0 Å². The van der Waals surface area contributed by atoms with Crippen LogP contribution in [0.4, 0.5) is 15.8 Å². The summed E-state index contributed by atoms with van der Waals surface area (Å²) >= 11 is 4.55. The molecule has 2 heterocycles. The summed E-state index contributed by atoms with van der Waals surface area (Å²) in [5.41, 5.74) is 1.81. The Kier molecular flexibility index (Phi) is 4.33. The van der Waals surface area contributed by atoms with Crippen molar-refractivity contribution in [1.29, 1.82) is 0 Å². The highest BCUT2D eigenvalue weighted by molar-refractivity contribution is 9.10. The minimum atomic E-state index is -0.452. The van der Waals surface area contributed by atoms with E-state index in [2.05, 4.69) is 31.4 Å². The third-order valence-corrected chi connectivity index (χ3v) is 5.17. The summed E-state index contributed by atoms with van der Waals surface area (Å²) in [4.78, 5) is 25.6. The van der Waals surface area contributed by atoms with Crippen LogP contribution in [0.25, 0.3) is 0 Å². The molecule has 1 fully saturated rings. The Labute approximate surface area is 160 Å². The Hall–Kier alpha value is -2.52. The van der Waals surface area contributed by atoms with E-state index in [0.29, 0.717) is 22.1 Å². The van der Waals surface area contributed by atoms with Gasteiger partial charge in [0.2, 0.25) is 5.91 Å². The van der Waals surface area contributed by atoms with E-state index in [1.165, 1.54) is 34.9 Å². The number of thioether (sulfide) groups is 1. The van der Waals surface area contributed by atoms with Gasteiger partial charge in [0, 0.05) is 10.0 Å². The lowest BCUT2D eigenvalue weighted by molar-refractivity contribution is -0.115. The number of rotatable bonds is 2. The number of halogens is 2. The molecule has 9 heteroatoms. The first-order valence-electron chi connectivity index (χ1n) is 7.51. The van der Waals surface area contributed by atoms with Gasteiger partial charge < -0.3 is 5.32 Å². The second-order valence-electron chi connectivity index (χ2n) is 5.47. The van der Waals surface area contributed by atoms with E-state index >= 15 is 0 Å². The van der Waals surface area contributed by atoms with Crippen LogP contribution in [0.2, 0.25) is 0 Å². The van der Waals surface area contributed by atoms with Crippen molar-refractivity contribution in [3.8, 4) is 0 Å². The quantitative estimate of drug-likeness (QED) is 0.739. The number of nitrogens with one attached hydrogen (secondary N) is 1. The van der Waals surface area contributed by atoms with Crippen LogP contribution in [0.15, 0.2) is 57.1 Å². The van der Waals surface area contributed by atoms with Gasteiger partial charge >= 0.3 is 0 Å². The number of anilines is 2. The first-order valence-corrected chi connectivity index (χ1v) is 9.29. The van der Waals surface area contributed by atoms with Crippen molar-refractivity contribution in [3.05, 3.63) is 58.3 Å². The largest absolute Gasteiger partial charge is 0.320 e. The van der Waals surface area contributed by atoms with Gasteiger partial charge in [0.05, 0.1) is 17.1 Å². The van der Waals surface area contributed by atoms with E-state index < -0.39 is 5.82 Å². The summed E-state index contributed by atoms with van der Waals surface area (Å²) in [6.07, 6.45) is 0. The van der Waals surface area contributed by atoms with Gasteiger partial charge in [-0.2, -0.15) is 0 Å². The van der Waals surface area contributed by atoms with Gasteiger partial charge in [-0.1, -0.05) is 33.8 Å². The molecule has 2 aliphatic rings. The lowest BCUT2D eigenvalue weighted by atomic mass is 10.1. The van der Waals surface area contributed by atoms with Crippen LogP contribution in [0, 0.1) is 5.82 Å². The maximum atomic E-state index is 13.5. The number of benzene rings is 2. The average Bonchev–Trinajstić information content (AvgIpc) is 3.12. The Bertz CT molecular complexity index is 1010. The van der Waals surface area contributed by atoms with Gasteiger partial charge in [-0.25, -0.2) is 4.39 Å². The molecular weight excluding hydrogens is 423 g/mol. The molecule has 2 aliphatic heterocycles. The highest BCUT2D eigenvalue weighted by Gasteiger charge is 2.31. The number of carbonyl (C=O) groups is 2. The zero-order valence-corrected chi connectivity index (χ0v) is 15.5. The summed E-state index contributed by atoms with van der Waals surface area (Å²) in [6, 6.07) is 11.0. The Balaban J connectivity index is 1.72. The van der Waals surface area contributed by atoms with Crippen LogP contribution in [-0.2, 0) is 9.59 Å². The van der Waals surface area contributed by atoms with Gasteiger partial charge in [-0.15, -0.1) is 10.2 Å².